The number of hydrogen-bond donors (Lipinski definition) is 1. The summed E-state index contributed by atoms with van der Waals surface area (Å²) in [6, 6.07) is 9.49. The smallest absolute Gasteiger partial charge is 0.0368 e. The van der Waals surface area contributed by atoms with Crippen molar-refractivity contribution in [2.24, 2.45) is 0 Å². The van der Waals surface area contributed by atoms with Crippen LogP contribution in [-0.2, 0) is 0 Å². The summed E-state index contributed by atoms with van der Waals surface area (Å²) >= 11 is 0. The molecule has 0 saturated carbocycles. The van der Waals surface area contributed by atoms with E-state index < -0.39 is 0 Å². The molecule has 1 aromatic carbocycles. The maximum absolute atomic E-state index is 3.52. The number of rotatable bonds is 4. The van der Waals surface area contributed by atoms with Crippen molar-refractivity contribution in [2.45, 2.75) is 19.4 Å². The average Bonchev–Trinajstić information content (AvgIpc) is 2.78. The van der Waals surface area contributed by atoms with Gasteiger partial charge >= 0.3 is 0 Å². The topological polar surface area (TPSA) is 18.5 Å². The second-order valence-corrected chi connectivity index (χ2v) is 4.90. The van der Waals surface area contributed by atoms with E-state index in [1.807, 2.05) is 0 Å². The van der Waals surface area contributed by atoms with Gasteiger partial charge in [0, 0.05) is 44.6 Å². The monoisotopic (exact) mass is 233 g/mol. The Labute approximate surface area is 104 Å². The molecule has 1 saturated heterocycles. The third kappa shape index (κ3) is 2.91. The molecule has 1 atom stereocenters. The zero-order valence-electron chi connectivity index (χ0n) is 11.1. The van der Waals surface area contributed by atoms with Gasteiger partial charge in [-0.2, -0.15) is 0 Å². The highest BCUT2D eigenvalue weighted by Crippen LogP contribution is 2.23. The van der Waals surface area contributed by atoms with Crippen LogP contribution in [0.4, 0.5) is 11.4 Å². The van der Waals surface area contributed by atoms with Crippen molar-refractivity contribution in [2.75, 3.05) is 43.5 Å². The van der Waals surface area contributed by atoms with Crippen LogP contribution < -0.4 is 15.1 Å². The van der Waals surface area contributed by atoms with Crippen molar-refractivity contribution in [1.82, 2.24) is 5.32 Å². The fraction of sp³-hybridized carbons (Fsp3) is 0.571. The Bertz CT molecular complexity index is 345. The van der Waals surface area contributed by atoms with Crippen LogP contribution in [0.2, 0.25) is 0 Å². The molecule has 1 unspecified atom stereocenters. The third-order valence-electron chi connectivity index (χ3n) is 3.41. The summed E-state index contributed by atoms with van der Waals surface area (Å²) in [5, 5.41) is 3.52. The maximum Gasteiger partial charge on any atom is 0.0368 e. The van der Waals surface area contributed by atoms with Crippen LogP contribution >= 0.6 is 0 Å². The number of hydrogen-bond acceptors (Lipinski definition) is 3. The number of likely N-dealkylation sites (N-methyl/N-ethyl adjacent to an activating group) is 1. The highest BCUT2D eigenvalue weighted by Gasteiger charge is 2.21. The third-order valence-corrected chi connectivity index (χ3v) is 3.41. The molecule has 0 aromatic heterocycles. The summed E-state index contributed by atoms with van der Waals surface area (Å²) in [5.41, 5.74) is 2.60. The van der Waals surface area contributed by atoms with Crippen molar-refractivity contribution >= 4 is 11.4 Å². The first-order chi connectivity index (χ1) is 8.20. The molecule has 2 rings (SSSR count). The van der Waals surface area contributed by atoms with E-state index in [1.54, 1.807) is 0 Å². The van der Waals surface area contributed by atoms with Crippen molar-refractivity contribution < 1.29 is 0 Å². The number of nitrogens with one attached hydrogen (secondary N) is 1. The van der Waals surface area contributed by atoms with Gasteiger partial charge in [-0.05, 0) is 37.2 Å². The lowest BCUT2D eigenvalue weighted by Crippen LogP contribution is -2.32. The average molecular weight is 233 g/mol. The summed E-state index contributed by atoms with van der Waals surface area (Å²) in [6.07, 6.45) is 1.25. The van der Waals surface area contributed by atoms with Gasteiger partial charge in [0.2, 0.25) is 0 Å². The minimum Gasteiger partial charge on any atom is -0.378 e. The highest BCUT2D eigenvalue weighted by atomic mass is 15.2. The van der Waals surface area contributed by atoms with Crippen LogP contribution in [0.1, 0.15) is 13.3 Å². The molecule has 1 N–H and O–H groups in total. The molecule has 0 amide bonds. The zero-order valence-corrected chi connectivity index (χ0v) is 11.1. The fourth-order valence-corrected chi connectivity index (χ4v) is 2.41. The highest BCUT2D eigenvalue weighted by molar-refractivity contribution is 5.56. The molecule has 1 aliphatic heterocycles. The summed E-state index contributed by atoms with van der Waals surface area (Å²) in [4.78, 5) is 4.60. The lowest BCUT2D eigenvalue weighted by molar-refractivity contribution is 0.572. The molecule has 17 heavy (non-hydrogen) atoms. The number of benzene rings is 1. The number of anilines is 2. The second-order valence-electron chi connectivity index (χ2n) is 4.90. The van der Waals surface area contributed by atoms with E-state index in [2.05, 4.69) is 60.4 Å². The molecule has 94 valence electrons. The first-order valence-electron chi connectivity index (χ1n) is 6.46. The summed E-state index contributed by atoms with van der Waals surface area (Å²) in [5.74, 6) is 0. The Hall–Kier alpha value is -1.22. The van der Waals surface area contributed by atoms with E-state index >= 15 is 0 Å². The molecule has 1 fully saturated rings. The van der Waals surface area contributed by atoms with Gasteiger partial charge in [0.15, 0.2) is 0 Å². The molecule has 3 heteroatoms. The Morgan fingerprint density at radius 2 is 2.00 bits per heavy atom. The van der Waals surface area contributed by atoms with Gasteiger partial charge < -0.3 is 15.1 Å². The summed E-state index contributed by atoms with van der Waals surface area (Å²) < 4.78 is 0. The van der Waals surface area contributed by atoms with Crippen LogP contribution in [0.25, 0.3) is 0 Å². The van der Waals surface area contributed by atoms with Gasteiger partial charge in [0.1, 0.15) is 0 Å². The maximum atomic E-state index is 3.52. The lowest BCUT2D eigenvalue weighted by atomic mass is 10.2. The zero-order chi connectivity index (χ0) is 12.3. The predicted octanol–water partition coefficient (Wildman–Crippen LogP) is 1.94. The minimum absolute atomic E-state index is 0.661. The molecular weight excluding hydrogens is 210 g/mol. The van der Waals surface area contributed by atoms with Gasteiger partial charge in [0.05, 0.1) is 0 Å². The molecule has 0 spiro atoms. The minimum atomic E-state index is 0.661. The van der Waals surface area contributed by atoms with E-state index in [0.717, 1.165) is 13.1 Å². The molecule has 3 nitrogen and oxygen atoms in total. The Morgan fingerprint density at radius 3 is 2.59 bits per heavy atom. The summed E-state index contributed by atoms with van der Waals surface area (Å²) in [7, 11) is 4.15. The van der Waals surface area contributed by atoms with Gasteiger partial charge in [-0.15, -0.1) is 0 Å². The molecule has 1 heterocycles. The van der Waals surface area contributed by atoms with Gasteiger partial charge in [0.25, 0.3) is 0 Å². The molecule has 0 aliphatic carbocycles. The van der Waals surface area contributed by atoms with Gasteiger partial charge in [-0.3, -0.25) is 0 Å². The number of nitrogens with zero attached hydrogens (tertiary/aromatic N) is 2. The standard InChI is InChI=1S/C14H23N3/c1-4-15-12-9-10-17(11-12)14-7-5-13(6-8-14)16(2)3/h5-8,12,15H,4,9-11H2,1-3H3. The molecule has 0 radical (unpaired) electrons. The van der Waals surface area contributed by atoms with Crippen LogP contribution in [0.5, 0.6) is 0 Å². The quantitative estimate of drug-likeness (QED) is 0.857. The van der Waals surface area contributed by atoms with E-state index in [1.165, 1.54) is 24.3 Å². The normalized spacial score (nSPS) is 19.7. The predicted molar refractivity (Wildman–Crippen MR) is 75.1 cm³/mol. The molecule has 1 aromatic rings. The Balaban J connectivity index is 1.99. The molecule has 0 bridgehead atoms. The molecule has 1 aliphatic rings. The first-order valence-corrected chi connectivity index (χ1v) is 6.46. The SMILES string of the molecule is CCNC1CCN(c2ccc(N(C)C)cc2)C1. The fourth-order valence-electron chi connectivity index (χ4n) is 2.41. The van der Waals surface area contributed by atoms with Gasteiger partial charge in [-0.1, -0.05) is 6.92 Å². The van der Waals surface area contributed by atoms with Crippen molar-refractivity contribution in [3.63, 3.8) is 0 Å². The Kier molecular flexibility index (Phi) is 3.89. The van der Waals surface area contributed by atoms with Crippen LogP contribution in [0.3, 0.4) is 0 Å². The van der Waals surface area contributed by atoms with Crippen LogP contribution in [-0.4, -0.2) is 39.8 Å². The van der Waals surface area contributed by atoms with Crippen LogP contribution in [0, 0.1) is 0 Å². The van der Waals surface area contributed by atoms with E-state index in [0.29, 0.717) is 6.04 Å². The van der Waals surface area contributed by atoms with Crippen molar-refractivity contribution in [3.8, 4) is 0 Å². The second kappa shape index (κ2) is 5.41. The first kappa shape index (κ1) is 12.2. The van der Waals surface area contributed by atoms with E-state index in [4.69, 9.17) is 0 Å². The van der Waals surface area contributed by atoms with E-state index in [9.17, 15) is 0 Å². The molecular formula is C14H23N3. The van der Waals surface area contributed by atoms with Crippen LogP contribution in [0.15, 0.2) is 24.3 Å². The lowest BCUT2D eigenvalue weighted by Gasteiger charge is -2.20. The summed E-state index contributed by atoms with van der Waals surface area (Å²) in [6.45, 7) is 5.54. The Morgan fingerprint density at radius 1 is 1.29 bits per heavy atom. The van der Waals surface area contributed by atoms with E-state index in [-0.39, 0.29) is 0 Å². The van der Waals surface area contributed by atoms with Crippen molar-refractivity contribution in [1.29, 1.82) is 0 Å². The van der Waals surface area contributed by atoms with Crippen molar-refractivity contribution in [3.05, 3.63) is 24.3 Å². The van der Waals surface area contributed by atoms with Gasteiger partial charge in [-0.25, -0.2) is 0 Å². The largest absolute Gasteiger partial charge is 0.378 e.